The lowest BCUT2D eigenvalue weighted by molar-refractivity contribution is -0.136. The molecule has 0 spiro atoms. The largest absolute Gasteiger partial charge is 0.339 e. The highest BCUT2D eigenvalue weighted by atomic mass is 16.2. The second kappa shape index (κ2) is 4.83. The fourth-order valence-corrected chi connectivity index (χ4v) is 3.83. The van der Waals surface area contributed by atoms with Gasteiger partial charge in [0.1, 0.15) is 5.82 Å². The Morgan fingerprint density at radius 1 is 1.29 bits per heavy atom. The molecule has 0 aromatic carbocycles. The van der Waals surface area contributed by atoms with E-state index in [1.54, 1.807) is 0 Å². The van der Waals surface area contributed by atoms with Crippen molar-refractivity contribution >= 4 is 5.91 Å². The average Bonchev–Trinajstić information content (AvgIpc) is 3.36. The summed E-state index contributed by atoms with van der Waals surface area (Å²) in [7, 11) is 4.16. The maximum Gasteiger partial charge on any atom is 0.226 e. The SMILES string of the molecule is CN1CCN(C(=O)[C@@H]2C[C@H]2C2CC2)C[C@@H]1c1nccn1C. The topological polar surface area (TPSA) is 41.4 Å². The normalized spacial score (nSPS) is 33.2. The summed E-state index contributed by atoms with van der Waals surface area (Å²) in [6.07, 6.45) is 7.67. The number of amides is 1. The molecule has 114 valence electrons. The van der Waals surface area contributed by atoms with Gasteiger partial charge in [-0.05, 0) is 38.1 Å². The van der Waals surface area contributed by atoms with Gasteiger partial charge < -0.3 is 9.47 Å². The summed E-state index contributed by atoms with van der Waals surface area (Å²) < 4.78 is 2.07. The van der Waals surface area contributed by atoms with E-state index in [2.05, 4.69) is 26.4 Å². The fraction of sp³-hybridized carbons (Fsp3) is 0.750. The molecule has 3 atom stereocenters. The first-order chi connectivity index (χ1) is 10.1. The van der Waals surface area contributed by atoms with E-state index in [1.807, 2.05) is 19.4 Å². The molecular formula is C16H24N4O. The van der Waals surface area contributed by atoms with Crippen LogP contribution in [-0.2, 0) is 11.8 Å². The number of nitrogens with zero attached hydrogens (tertiary/aromatic N) is 4. The van der Waals surface area contributed by atoms with E-state index in [0.717, 1.165) is 37.8 Å². The second-order valence-electron chi connectivity index (χ2n) is 7.02. The number of aromatic nitrogens is 2. The maximum absolute atomic E-state index is 12.7. The summed E-state index contributed by atoms with van der Waals surface area (Å²) >= 11 is 0. The van der Waals surface area contributed by atoms with Gasteiger partial charge in [-0.2, -0.15) is 0 Å². The molecular weight excluding hydrogens is 264 g/mol. The third kappa shape index (κ3) is 2.37. The number of carbonyl (C=O) groups is 1. The van der Waals surface area contributed by atoms with E-state index in [1.165, 1.54) is 12.8 Å². The zero-order valence-corrected chi connectivity index (χ0v) is 12.9. The summed E-state index contributed by atoms with van der Waals surface area (Å²) in [5.74, 6) is 3.38. The molecule has 1 amide bonds. The van der Waals surface area contributed by atoms with Crippen molar-refractivity contribution in [2.45, 2.75) is 25.3 Å². The zero-order chi connectivity index (χ0) is 14.6. The minimum Gasteiger partial charge on any atom is -0.339 e. The molecule has 0 bridgehead atoms. The average molecular weight is 288 g/mol. The van der Waals surface area contributed by atoms with Crippen molar-refractivity contribution in [1.29, 1.82) is 0 Å². The minimum absolute atomic E-state index is 0.223. The van der Waals surface area contributed by atoms with Crippen molar-refractivity contribution in [2.75, 3.05) is 26.7 Å². The Kier molecular flexibility index (Phi) is 3.06. The van der Waals surface area contributed by atoms with Gasteiger partial charge >= 0.3 is 0 Å². The van der Waals surface area contributed by atoms with Gasteiger partial charge in [-0.3, -0.25) is 9.69 Å². The monoisotopic (exact) mass is 288 g/mol. The maximum atomic E-state index is 12.7. The van der Waals surface area contributed by atoms with Gasteiger partial charge in [-0.15, -0.1) is 0 Å². The highest BCUT2D eigenvalue weighted by molar-refractivity contribution is 5.82. The van der Waals surface area contributed by atoms with Crippen molar-refractivity contribution < 1.29 is 4.79 Å². The van der Waals surface area contributed by atoms with Crippen molar-refractivity contribution in [3.05, 3.63) is 18.2 Å². The molecule has 0 radical (unpaired) electrons. The number of piperazine rings is 1. The van der Waals surface area contributed by atoms with Crippen molar-refractivity contribution in [2.24, 2.45) is 24.8 Å². The first kappa shape index (κ1) is 13.3. The Labute approximate surface area is 125 Å². The highest BCUT2D eigenvalue weighted by Gasteiger charge is 2.52. The van der Waals surface area contributed by atoms with E-state index in [4.69, 9.17) is 0 Å². The van der Waals surface area contributed by atoms with Gasteiger partial charge in [0.2, 0.25) is 5.91 Å². The van der Waals surface area contributed by atoms with Crippen LogP contribution in [0.5, 0.6) is 0 Å². The van der Waals surface area contributed by atoms with Gasteiger partial charge in [0.25, 0.3) is 0 Å². The summed E-state index contributed by atoms with van der Waals surface area (Å²) in [6.45, 7) is 2.59. The standard InChI is InChI=1S/C16H24N4O/c1-18-7-8-20(10-14(18)15-17-5-6-19(15)2)16(21)13-9-12(13)11-3-4-11/h5-6,11-14H,3-4,7-10H2,1-2H3/t12-,13+,14+/m0/s1. The van der Waals surface area contributed by atoms with Crippen LogP contribution < -0.4 is 0 Å². The molecule has 2 aliphatic carbocycles. The Bertz CT molecular complexity index is 550. The van der Waals surface area contributed by atoms with Crippen LogP contribution in [0.3, 0.4) is 0 Å². The number of imidazole rings is 1. The van der Waals surface area contributed by atoms with Crippen LogP contribution in [0.4, 0.5) is 0 Å². The Morgan fingerprint density at radius 2 is 2.10 bits per heavy atom. The molecule has 1 saturated heterocycles. The minimum atomic E-state index is 0.223. The lowest BCUT2D eigenvalue weighted by atomic mass is 10.1. The highest BCUT2D eigenvalue weighted by Crippen LogP contribution is 2.55. The van der Waals surface area contributed by atoms with E-state index in [9.17, 15) is 4.79 Å². The molecule has 2 heterocycles. The lowest BCUT2D eigenvalue weighted by Gasteiger charge is -2.39. The number of likely N-dealkylation sites (N-methyl/N-ethyl adjacent to an activating group) is 1. The van der Waals surface area contributed by atoms with Gasteiger partial charge in [-0.1, -0.05) is 0 Å². The predicted octanol–water partition coefficient (Wildman–Crippen LogP) is 1.28. The third-order valence-corrected chi connectivity index (χ3v) is 5.50. The van der Waals surface area contributed by atoms with Crippen LogP contribution >= 0.6 is 0 Å². The first-order valence-electron chi connectivity index (χ1n) is 8.11. The number of aryl methyl sites for hydroxylation is 1. The van der Waals surface area contributed by atoms with E-state index in [0.29, 0.717) is 17.7 Å². The van der Waals surface area contributed by atoms with Crippen LogP contribution in [0, 0.1) is 17.8 Å². The van der Waals surface area contributed by atoms with Gasteiger partial charge in [0.15, 0.2) is 0 Å². The zero-order valence-electron chi connectivity index (χ0n) is 12.9. The van der Waals surface area contributed by atoms with Gasteiger partial charge in [0, 0.05) is 45.0 Å². The molecule has 4 rings (SSSR count). The molecule has 5 heteroatoms. The lowest BCUT2D eigenvalue weighted by Crippen LogP contribution is -2.50. The molecule has 0 N–H and O–H groups in total. The predicted molar refractivity (Wildman–Crippen MR) is 79.5 cm³/mol. The van der Waals surface area contributed by atoms with Crippen LogP contribution in [0.15, 0.2) is 12.4 Å². The van der Waals surface area contributed by atoms with Crippen molar-refractivity contribution in [3.63, 3.8) is 0 Å². The number of carbonyl (C=O) groups excluding carboxylic acids is 1. The van der Waals surface area contributed by atoms with Crippen LogP contribution in [-0.4, -0.2) is 51.9 Å². The number of hydrogen-bond acceptors (Lipinski definition) is 3. The fourth-order valence-electron chi connectivity index (χ4n) is 3.83. The third-order valence-electron chi connectivity index (χ3n) is 5.50. The number of hydrogen-bond donors (Lipinski definition) is 0. The van der Waals surface area contributed by atoms with Gasteiger partial charge in [-0.25, -0.2) is 4.98 Å². The van der Waals surface area contributed by atoms with E-state index < -0.39 is 0 Å². The smallest absolute Gasteiger partial charge is 0.226 e. The molecule has 5 nitrogen and oxygen atoms in total. The summed E-state index contributed by atoms with van der Waals surface area (Å²) in [6, 6.07) is 0.223. The van der Waals surface area contributed by atoms with Crippen LogP contribution in [0.2, 0.25) is 0 Å². The molecule has 0 unspecified atom stereocenters. The Hall–Kier alpha value is -1.36. The first-order valence-corrected chi connectivity index (χ1v) is 8.11. The Balaban J connectivity index is 1.45. The molecule has 1 aliphatic heterocycles. The van der Waals surface area contributed by atoms with Crippen LogP contribution in [0.1, 0.15) is 31.1 Å². The molecule has 1 aromatic rings. The van der Waals surface area contributed by atoms with E-state index >= 15 is 0 Å². The molecule has 3 fully saturated rings. The van der Waals surface area contributed by atoms with Crippen molar-refractivity contribution in [3.8, 4) is 0 Å². The molecule has 1 aromatic heterocycles. The Morgan fingerprint density at radius 3 is 2.76 bits per heavy atom. The number of rotatable bonds is 3. The van der Waals surface area contributed by atoms with E-state index in [-0.39, 0.29) is 6.04 Å². The van der Waals surface area contributed by atoms with Crippen LogP contribution in [0.25, 0.3) is 0 Å². The summed E-state index contributed by atoms with van der Waals surface area (Å²) in [4.78, 5) is 21.6. The van der Waals surface area contributed by atoms with Gasteiger partial charge in [0.05, 0.1) is 6.04 Å². The quantitative estimate of drug-likeness (QED) is 0.841. The second-order valence-corrected chi connectivity index (χ2v) is 7.02. The molecule has 3 aliphatic rings. The van der Waals surface area contributed by atoms with Crippen molar-refractivity contribution in [1.82, 2.24) is 19.4 Å². The molecule has 21 heavy (non-hydrogen) atoms. The summed E-state index contributed by atoms with van der Waals surface area (Å²) in [5, 5.41) is 0. The summed E-state index contributed by atoms with van der Waals surface area (Å²) in [5.41, 5.74) is 0. The molecule has 2 saturated carbocycles.